The summed E-state index contributed by atoms with van der Waals surface area (Å²) in [6.07, 6.45) is -0.108. The first kappa shape index (κ1) is 21.3. The molecule has 2 atom stereocenters. The number of methoxy groups -OCH3 is 1. The predicted octanol–water partition coefficient (Wildman–Crippen LogP) is 1.80. The van der Waals surface area contributed by atoms with Crippen LogP contribution in [0.2, 0.25) is 0 Å². The summed E-state index contributed by atoms with van der Waals surface area (Å²) in [5.41, 5.74) is 0.679. The molecule has 0 saturated carbocycles. The minimum Gasteiger partial charge on any atom is -0.489 e. The number of para-hydroxylation sites is 1. The number of ether oxygens (including phenoxy) is 2. The van der Waals surface area contributed by atoms with Crippen LogP contribution in [0, 0.1) is 0 Å². The Morgan fingerprint density at radius 3 is 2.41 bits per heavy atom. The lowest BCUT2D eigenvalue weighted by Gasteiger charge is -2.23. The average molecular weight is 419 g/mol. The van der Waals surface area contributed by atoms with Crippen LogP contribution in [0.15, 0.2) is 60.7 Å². The van der Waals surface area contributed by atoms with Gasteiger partial charge in [0.15, 0.2) is 0 Å². The number of sulfonamides is 1. The summed E-state index contributed by atoms with van der Waals surface area (Å²) in [4.78, 5) is 12.7. The lowest BCUT2D eigenvalue weighted by Crippen LogP contribution is -2.46. The lowest BCUT2D eigenvalue weighted by atomic mass is 10.2. The molecule has 0 radical (unpaired) electrons. The van der Waals surface area contributed by atoms with Gasteiger partial charge in [0, 0.05) is 20.1 Å². The van der Waals surface area contributed by atoms with Crippen molar-refractivity contribution in [2.24, 2.45) is 0 Å². The van der Waals surface area contributed by atoms with E-state index in [1.807, 2.05) is 36.4 Å². The molecule has 1 saturated heterocycles. The quantitative estimate of drug-likeness (QED) is 0.628. The van der Waals surface area contributed by atoms with Crippen LogP contribution < -0.4 is 10.1 Å². The highest BCUT2D eigenvalue weighted by Crippen LogP contribution is 2.27. The van der Waals surface area contributed by atoms with Crippen molar-refractivity contribution >= 4 is 15.9 Å². The molecule has 8 heteroatoms. The van der Waals surface area contributed by atoms with E-state index in [-0.39, 0.29) is 18.2 Å². The van der Waals surface area contributed by atoms with Gasteiger partial charge in [-0.05, 0) is 17.7 Å². The van der Waals surface area contributed by atoms with Crippen LogP contribution in [0.3, 0.4) is 0 Å². The Kier molecular flexibility index (Phi) is 7.24. The molecule has 156 valence electrons. The zero-order valence-corrected chi connectivity index (χ0v) is 17.2. The van der Waals surface area contributed by atoms with E-state index in [1.54, 1.807) is 31.4 Å². The van der Waals surface area contributed by atoms with E-state index < -0.39 is 22.2 Å². The number of carbonyl (C=O) groups is 1. The third-order valence-corrected chi connectivity index (χ3v) is 6.54. The molecule has 1 heterocycles. The maximum atomic E-state index is 13.1. The van der Waals surface area contributed by atoms with Crippen LogP contribution in [0.5, 0.6) is 5.75 Å². The average Bonchev–Trinajstić information content (AvgIpc) is 3.14. The number of nitrogens with zero attached hydrogens (tertiary/aromatic N) is 1. The molecule has 0 aromatic heterocycles. The molecule has 1 fully saturated rings. The van der Waals surface area contributed by atoms with Crippen molar-refractivity contribution in [3.05, 3.63) is 66.2 Å². The highest BCUT2D eigenvalue weighted by Gasteiger charge is 2.44. The molecule has 7 nitrogen and oxygen atoms in total. The van der Waals surface area contributed by atoms with E-state index >= 15 is 0 Å². The Hall–Kier alpha value is -2.42. The van der Waals surface area contributed by atoms with Crippen molar-refractivity contribution in [1.82, 2.24) is 9.62 Å². The molecule has 3 rings (SSSR count). The highest BCUT2D eigenvalue weighted by molar-refractivity contribution is 7.88. The molecule has 1 aliphatic heterocycles. The van der Waals surface area contributed by atoms with E-state index in [0.717, 1.165) is 0 Å². The van der Waals surface area contributed by atoms with Crippen LogP contribution in [0.4, 0.5) is 0 Å². The molecular weight excluding hydrogens is 392 g/mol. The molecule has 0 unspecified atom stereocenters. The Labute approximate surface area is 171 Å². The Balaban J connectivity index is 1.77. The summed E-state index contributed by atoms with van der Waals surface area (Å²) in [5.74, 6) is 0.157. The molecule has 0 bridgehead atoms. The maximum Gasteiger partial charge on any atom is 0.238 e. The fourth-order valence-corrected chi connectivity index (χ4v) is 5.10. The van der Waals surface area contributed by atoms with E-state index in [0.29, 0.717) is 30.9 Å². The molecular formula is C21H26N2O5S. The molecule has 1 aliphatic rings. The SMILES string of the molecule is COCCNC(=O)[C@H]1C[C@H](Oc2ccccc2)CN1S(=O)(=O)Cc1ccccc1. The van der Waals surface area contributed by atoms with Crippen molar-refractivity contribution in [2.45, 2.75) is 24.3 Å². The first-order valence-electron chi connectivity index (χ1n) is 9.51. The third-order valence-electron chi connectivity index (χ3n) is 4.72. The number of rotatable bonds is 9. The van der Waals surface area contributed by atoms with Crippen LogP contribution in [-0.4, -0.2) is 57.6 Å². The number of carbonyl (C=O) groups excluding carboxylic acids is 1. The first-order valence-corrected chi connectivity index (χ1v) is 11.1. The van der Waals surface area contributed by atoms with Gasteiger partial charge in [-0.15, -0.1) is 0 Å². The number of benzene rings is 2. The fraction of sp³-hybridized carbons (Fsp3) is 0.381. The molecule has 0 spiro atoms. The third kappa shape index (κ3) is 5.79. The van der Waals surface area contributed by atoms with Crippen LogP contribution in [0.1, 0.15) is 12.0 Å². The van der Waals surface area contributed by atoms with Crippen LogP contribution in [-0.2, 0) is 25.3 Å². The van der Waals surface area contributed by atoms with Crippen molar-refractivity contribution in [2.75, 3.05) is 26.8 Å². The monoisotopic (exact) mass is 418 g/mol. The molecule has 2 aromatic carbocycles. The molecule has 1 amide bonds. The van der Waals surface area contributed by atoms with Crippen LogP contribution in [0.25, 0.3) is 0 Å². The summed E-state index contributed by atoms with van der Waals surface area (Å²) >= 11 is 0. The van der Waals surface area contributed by atoms with Gasteiger partial charge in [-0.2, -0.15) is 4.31 Å². The van der Waals surface area contributed by atoms with Crippen molar-refractivity contribution in [1.29, 1.82) is 0 Å². The predicted molar refractivity (Wildman–Crippen MR) is 110 cm³/mol. The van der Waals surface area contributed by atoms with Gasteiger partial charge in [-0.3, -0.25) is 4.79 Å². The Morgan fingerprint density at radius 2 is 1.76 bits per heavy atom. The highest BCUT2D eigenvalue weighted by atomic mass is 32.2. The van der Waals surface area contributed by atoms with Gasteiger partial charge in [-0.25, -0.2) is 8.42 Å². The van der Waals surface area contributed by atoms with Crippen molar-refractivity contribution in [3.63, 3.8) is 0 Å². The van der Waals surface area contributed by atoms with Gasteiger partial charge in [0.1, 0.15) is 17.9 Å². The zero-order chi connectivity index (χ0) is 20.7. The summed E-state index contributed by atoms with van der Waals surface area (Å²) in [6, 6.07) is 17.4. The second-order valence-corrected chi connectivity index (χ2v) is 8.82. The number of amides is 1. The smallest absolute Gasteiger partial charge is 0.238 e. The van der Waals surface area contributed by atoms with Gasteiger partial charge in [-0.1, -0.05) is 48.5 Å². The summed E-state index contributed by atoms with van der Waals surface area (Å²) in [5, 5.41) is 2.75. The van der Waals surface area contributed by atoms with Gasteiger partial charge in [0.05, 0.1) is 18.9 Å². The molecule has 2 aromatic rings. The van der Waals surface area contributed by atoms with E-state index in [9.17, 15) is 13.2 Å². The normalized spacial score (nSPS) is 19.8. The number of nitrogens with one attached hydrogen (secondary N) is 1. The van der Waals surface area contributed by atoms with Gasteiger partial charge >= 0.3 is 0 Å². The molecule has 1 N–H and O–H groups in total. The largest absolute Gasteiger partial charge is 0.489 e. The van der Waals surface area contributed by atoms with E-state index in [4.69, 9.17) is 9.47 Å². The van der Waals surface area contributed by atoms with Crippen LogP contribution >= 0.6 is 0 Å². The Morgan fingerprint density at radius 1 is 1.10 bits per heavy atom. The van der Waals surface area contributed by atoms with Gasteiger partial charge < -0.3 is 14.8 Å². The minimum absolute atomic E-state index is 0.131. The lowest BCUT2D eigenvalue weighted by molar-refractivity contribution is -0.124. The van der Waals surface area contributed by atoms with Gasteiger partial charge in [0.2, 0.25) is 15.9 Å². The standard InChI is InChI=1S/C21H26N2O5S/c1-27-13-12-22-21(24)20-14-19(28-18-10-6-3-7-11-18)15-23(20)29(25,26)16-17-8-4-2-5-9-17/h2-11,19-20H,12-16H2,1H3,(H,22,24)/t19-,20+/m0/s1. The maximum absolute atomic E-state index is 13.1. The van der Waals surface area contributed by atoms with E-state index in [2.05, 4.69) is 5.32 Å². The summed E-state index contributed by atoms with van der Waals surface area (Å²) in [7, 11) is -2.16. The van der Waals surface area contributed by atoms with Crippen molar-refractivity contribution in [3.8, 4) is 5.75 Å². The van der Waals surface area contributed by atoms with Gasteiger partial charge in [0.25, 0.3) is 0 Å². The molecule has 0 aliphatic carbocycles. The first-order chi connectivity index (χ1) is 14.0. The zero-order valence-electron chi connectivity index (χ0n) is 16.4. The summed E-state index contributed by atoms with van der Waals surface area (Å²) in [6.45, 7) is 0.814. The fourth-order valence-electron chi connectivity index (χ4n) is 3.35. The second-order valence-electron chi connectivity index (χ2n) is 6.90. The summed E-state index contributed by atoms with van der Waals surface area (Å²) < 4.78 is 38.4. The van der Waals surface area contributed by atoms with Crippen molar-refractivity contribution < 1.29 is 22.7 Å². The Bertz CT molecular complexity index is 890. The number of hydrogen-bond donors (Lipinski definition) is 1. The minimum atomic E-state index is -3.70. The number of hydrogen-bond acceptors (Lipinski definition) is 5. The molecule has 29 heavy (non-hydrogen) atoms. The topological polar surface area (TPSA) is 84.9 Å². The van der Waals surface area contributed by atoms with E-state index in [1.165, 1.54) is 4.31 Å². The second kappa shape index (κ2) is 9.87.